The minimum atomic E-state index is -0.0392. The first-order chi connectivity index (χ1) is 10.1. The summed E-state index contributed by atoms with van der Waals surface area (Å²) >= 11 is 0. The lowest BCUT2D eigenvalue weighted by atomic mass is 10.1. The second-order valence-corrected chi connectivity index (χ2v) is 4.81. The molecule has 0 aliphatic heterocycles. The molecule has 0 aromatic carbocycles. The van der Waals surface area contributed by atoms with E-state index in [2.05, 4.69) is 20.3 Å². The summed E-state index contributed by atoms with van der Waals surface area (Å²) in [5, 5.41) is 3.16. The Morgan fingerprint density at radius 3 is 2.81 bits per heavy atom. The van der Waals surface area contributed by atoms with Gasteiger partial charge in [0.05, 0.1) is 6.54 Å². The molecule has 21 heavy (non-hydrogen) atoms. The number of hydrogen-bond acceptors (Lipinski definition) is 4. The highest BCUT2D eigenvalue weighted by atomic mass is 16.2. The molecule has 0 radical (unpaired) electrons. The van der Waals surface area contributed by atoms with Crippen LogP contribution in [0, 0.1) is 0 Å². The summed E-state index contributed by atoms with van der Waals surface area (Å²) in [4.78, 5) is 25.8. The highest BCUT2D eigenvalue weighted by molar-refractivity contribution is 5.94. The number of aromatic amines is 1. The number of imidazole rings is 1. The van der Waals surface area contributed by atoms with Crippen LogP contribution in [0.5, 0.6) is 0 Å². The molecule has 6 heteroatoms. The molecule has 0 aliphatic rings. The quantitative estimate of drug-likeness (QED) is 0.853. The van der Waals surface area contributed by atoms with Gasteiger partial charge in [-0.1, -0.05) is 6.92 Å². The predicted molar refractivity (Wildman–Crippen MR) is 82.2 cm³/mol. The Kier molecular flexibility index (Phi) is 4.92. The van der Waals surface area contributed by atoms with E-state index in [1.807, 2.05) is 19.9 Å². The maximum atomic E-state index is 12.5. The number of pyridine rings is 1. The van der Waals surface area contributed by atoms with Crippen molar-refractivity contribution in [2.75, 3.05) is 18.9 Å². The maximum Gasteiger partial charge on any atom is 0.254 e. The molecule has 0 aliphatic carbocycles. The number of amides is 1. The molecule has 112 valence electrons. The first-order valence-electron chi connectivity index (χ1n) is 7.12. The molecular formula is C15H21N5O. The van der Waals surface area contributed by atoms with E-state index in [4.69, 9.17) is 0 Å². The summed E-state index contributed by atoms with van der Waals surface area (Å²) in [6.07, 6.45) is 4.22. The zero-order valence-electron chi connectivity index (χ0n) is 12.7. The van der Waals surface area contributed by atoms with Gasteiger partial charge in [0.2, 0.25) is 0 Å². The van der Waals surface area contributed by atoms with E-state index >= 15 is 0 Å². The van der Waals surface area contributed by atoms with Crippen LogP contribution in [0.3, 0.4) is 0 Å². The molecule has 0 saturated heterocycles. The number of H-pyrrole nitrogens is 1. The van der Waals surface area contributed by atoms with Crippen LogP contribution in [0.25, 0.3) is 0 Å². The lowest BCUT2D eigenvalue weighted by molar-refractivity contribution is 0.0781. The predicted octanol–water partition coefficient (Wildman–Crippen LogP) is 2.07. The Morgan fingerprint density at radius 1 is 1.38 bits per heavy atom. The van der Waals surface area contributed by atoms with Crippen LogP contribution >= 0.6 is 0 Å². The number of nitrogens with one attached hydrogen (secondary N) is 2. The van der Waals surface area contributed by atoms with E-state index in [-0.39, 0.29) is 5.91 Å². The van der Waals surface area contributed by atoms with Gasteiger partial charge in [0.15, 0.2) is 0 Å². The van der Waals surface area contributed by atoms with Crippen LogP contribution in [0.2, 0.25) is 0 Å². The molecule has 1 amide bonds. The van der Waals surface area contributed by atoms with Crippen molar-refractivity contribution in [1.82, 2.24) is 19.9 Å². The third-order valence-corrected chi connectivity index (χ3v) is 3.13. The van der Waals surface area contributed by atoms with Crippen molar-refractivity contribution in [1.29, 1.82) is 0 Å². The van der Waals surface area contributed by atoms with E-state index in [0.717, 1.165) is 30.3 Å². The number of rotatable bonds is 6. The van der Waals surface area contributed by atoms with Gasteiger partial charge >= 0.3 is 0 Å². The molecule has 0 unspecified atom stereocenters. The fourth-order valence-electron chi connectivity index (χ4n) is 2.07. The van der Waals surface area contributed by atoms with E-state index < -0.39 is 0 Å². The smallest absolute Gasteiger partial charge is 0.254 e. The minimum absolute atomic E-state index is 0.0392. The highest BCUT2D eigenvalue weighted by Crippen LogP contribution is 2.14. The van der Waals surface area contributed by atoms with Crippen LogP contribution in [-0.4, -0.2) is 39.4 Å². The molecule has 0 bridgehead atoms. The number of nitrogens with zero attached hydrogens (tertiary/aromatic N) is 3. The SMILES string of the molecule is CCNc1cc(C(=O)N(C)Cc2ncc[nH]2)cc(CC)n1. The summed E-state index contributed by atoms with van der Waals surface area (Å²) in [6.45, 7) is 5.26. The molecule has 0 fully saturated rings. The van der Waals surface area contributed by atoms with Crippen LogP contribution in [0.15, 0.2) is 24.5 Å². The molecule has 0 spiro atoms. The summed E-state index contributed by atoms with van der Waals surface area (Å²) < 4.78 is 0. The van der Waals surface area contributed by atoms with Gasteiger partial charge in [-0.25, -0.2) is 9.97 Å². The van der Waals surface area contributed by atoms with Crippen molar-refractivity contribution in [2.24, 2.45) is 0 Å². The van der Waals surface area contributed by atoms with Crippen LogP contribution < -0.4 is 5.32 Å². The number of aromatic nitrogens is 3. The zero-order chi connectivity index (χ0) is 15.2. The lowest BCUT2D eigenvalue weighted by Gasteiger charge is -2.17. The maximum absolute atomic E-state index is 12.5. The summed E-state index contributed by atoms with van der Waals surface area (Å²) in [7, 11) is 1.77. The monoisotopic (exact) mass is 287 g/mol. The van der Waals surface area contributed by atoms with Crippen LogP contribution in [0.4, 0.5) is 5.82 Å². The average molecular weight is 287 g/mol. The summed E-state index contributed by atoms with van der Waals surface area (Å²) in [6, 6.07) is 3.64. The van der Waals surface area contributed by atoms with E-state index in [0.29, 0.717) is 12.1 Å². The van der Waals surface area contributed by atoms with E-state index in [1.54, 1.807) is 30.4 Å². The van der Waals surface area contributed by atoms with Gasteiger partial charge in [0, 0.05) is 37.2 Å². The van der Waals surface area contributed by atoms with Gasteiger partial charge < -0.3 is 15.2 Å². The van der Waals surface area contributed by atoms with Gasteiger partial charge in [-0.05, 0) is 25.5 Å². The highest BCUT2D eigenvalue weighted by Gasteiger charge is 2.15. The molecule has 2 rings (SSSR count). The molecular weight excluding hydrogens is 266 g/mol. The van der Waals surface area contributed by atoms with Gasteiger partial charge in [-0.2, -0.15) is 0 Å². The number of anilines is 1. The van der Waals surface area contributed by atoms with Gasteiger partial charge in [0.25, 0.3) is 5.91 Å². The van der Waals surface area contributed by atoms with Crippen molar-refractivity contribution in [3.8, 4) is 0 Å². The fourth-order valence-corrected chi connectivity index (χ4v) is 2.07. The zero-order valence-corrected chi connectivity index (χ0v) is 12.7. The van der Waals surface area contributed by atoms with Crippen molar-refractivity contribution in [3.63, 3.8) is 0 Å². The van der Waals surface area contributed by atoms with Crippen LogP contribution in [0.1, 0.15) is 35.7 Å². The molecule has 0 atom stereocenters. The van der Waals surface area contributed by atoms with Crippen molar-refractivity contribution < 1.29 is 4.79 Å². The summed E-state index contributed by atoms with van der Waals surface area (Å²) in [5.74, 6) is 1.47. The standard InChI is InChI=1S/C15H21N5O/c1-4-12-8-11(9-13(19-12)16-5-2)15(21)20(3)10-14-17-6-7-18-14/h6-9H,4-5,10H2,1-3H3,(H,16,19)(H,17,18). The topological polar surface area (TPSA) is 73.9 Å². The number of hydrogen-bond donors (Lipinski definition) is 2. The second-order valence-electron chi connectivity index (χ2n) is 4.81. The first-order valence-corrected chi connectivity index (χ1v) is 7.12. The molecule has 2 heterocycles. The largest absolute Gasteiger partial charge is 0.370 e. The van der Waals surface area contributed by atoms with Gasteiger partial charge in [0.1, 0.15) is 11.6 Å². The molecule has 6 nitrogen and oxygen atoms in total. The number of aryl methyl sites for hydroxylation is 1. The van der Waals surface area contributed by atoms with E-state index in [1.165, 1.54) is 0 Å². The average Bonchev–Trinajstić information content (AvgIpc) is 2.99. The normalized spacial score (nSPS) is 10.4. The van der Waals surface area contributed by atoms with Crippen LogP contribution in [-0.2, 0) is 13.0 Å². The second kappa shape index (κ2) is 6.88. The molecule has 0 saturated carbocycles. The van der Waals surface area contributed by atoms with Gasteiger partial charge in [-0.3, -0.25) is 4.79 Å². The molecule has 2 aromatic rings. The number of carbonyl (C=O) groups is 1. The summed E-state index contributed by atoms with van der Waals surface area (Å²) in [5.41, 5.74) is 1.55. The molecule has 2 aromatic heterocycles. The number of carbonyl (C=O) groups excluding carboxylic acids is 1. The fraction of sp³-hybridized carbons (Fsp3) is 0.400. The van der Waals surface area contributed by atoms with Gasteiger partial charge in [-0.15, -0.1) is 0 Å². The minimum Gasteiger partial charge on any atom is -0.370 e. The van der Waals surface area contributed by atoms with Crippen molar-refractivity contribution in [2.45, 2.75) is 26.8 Å². The Bertz CT molecular complexity index is 594. The third-order valence-electron chi connectivity index (χ3n) is 3.13. The lowest BCUT2D eigenvalue weighted by Crippen LogP contribution is -2.27. The Hall–Kier alpha value is -2.37. The van der Waals surface area contributed by atoms with Crippen molar-refractivity contribution >= 4 is 11.7 Å². The Labute approximate surface area is 124 Å². The Morgan fingerprint density at radius 2 is 2.19 bits per heavy atom. The van der Waals surface area contributed by atoms with E-state index in [9.17, 15) is 4.79 Å². The third kappa shape index (κ3) is 3.81. The first kappa shape index (κ1) is 15.0. The Balaban J connectivity index is 2.18. The van der Waals surface area contributed by atoms with Crippen molar-refractivity contribution in [3.05, 3.63) is 41.6 Å². The molecule has 2 N–H and O–H groups in total.